The molecule has 1 aliphatic heterocycles. The Kier molecular flexibility index (Phi) is 5.45. The fourth-order valence-electron chi connectivity index (χ4n) is 1.97. The minimum atomic E-state index is -2.64. The largest absolute Gasteiger partial charge is 0.493 e. The van der Waals surface area contributed by atoms with Crippen molar-refractivity contribution in [3.63, 3.8) is 0 Å². The van der Waals surface area contributed by atoms with Crippen LogP contribution in [0.2, 0.25) is 0 Å². The molecule has 136 valence electrons. The lowest BCUT2D eigenvalue weighted by Crippen LogP contribution is -2.42. The summed E-state index contributed by atoms with van der Waals surface area (Å²) in [6.07, 6.45) is -1.53. The number of halogens is 2. The van der Waals surface area contributed by atoms with Crippen molar-refractivity contribution < 1.29 is 37.3 Å². The highest BCUT2D eigenvalue weighted by Crippen LogP contribution is 2.31. The summed E-state index contributed by atoms with van der Waals surface area (Å²) in [6, 6.07) is 4.43. The van der Waals surface area contributed by atoms with Crippen molar-refractivity contribution in [1.82, 2.24) is 0 Å². The number of nitrogens with one attached hydrogen (secondary N) is 1. The number of carbonyl (C=O) groups excluding carboxylic acids is 2. The molecule has 0 amide bonds. The Labute approximate surface area is 142 Å². The number of anilines is 1. The van der Waals surface area contributed by atoms with Crippen molar-refractivity contribution >= 4 is 17.6 Å². The Morgan fingerprint density at radius 1 is 1.20 bits per heavy atom. The molecule has 0 bridgehead atoms. The van der Waals surface area contributed by atoms with Crippen LogP contribution in [0, 0.1) is 0 Å². The predicted octanol–water partition coefficient (Wildman–Crippen LogP) is 2.47. The Balaban J connectivity index is 2.16. The van der Waals surface area contributed by atoms with E-state index in [2.05, 4.69) is 5.32 Å². The number of hydrogen-bond donors (Lipinski definition) is 1. The lowest BCUT2D eigenvalue weighted by atomic mass is 10.2. The number of benzene rings is 1. The third-order valence-electron chi connectivity index (χ3n) is 3.03. The number of cyclic esters (lactones) is 2. The van der Waals surface area contributed by atoms with Gasteiger partial charge in [0.2, 0.25) is 0 Å². The first-order valence-electron chi connectivity index (χ1n) is 7.24. The van der Waals surface area contributed by atoms with Gasteiger partial charge < -0.3 is 24.3 Å². The van der Waals surface area contributed by atoms with Gasteiger partial charge in [-0.25, -0.2) is 18.4 Å². The summed E-state index contributed by atoms with van der Waals surface area (Å²) in [5.74, 6) is -2.66. The van der Waals surface area contributed by atoms with E-state index in [0.29, 0.717) is 5.69 Å². The molecular weight excluding hydrogens is 340 g/mol. The summed E-state index contributed by atoms with van der Waals surface area (Å²) in [4.78, 5) is 23.7. The molecule has 2 rings (SSSR count). The third kappa shape index (κ3) is 4.82. The van der Waals surface area contributed by atoms with E-state index in [1.165, 1.54) is 33.1 Å². The van der Waals surface area contributed by atoms with Crippen LogP contribution in [0.1, 0.15) is 13.8 Å². The Bertz CT molecular complexity index is 680. The van der Waals surface area contributed by atoms with Crippen LogP contribution < -0.4 is 14.8 Å². The van der Waals surface area contributed by atoms with E-state index in [-0.39, 0.29) is 17.1 Å². The molecule has 0 aromatic heterocycles. The van der Waals surface area contributed by atoms with Crippen molar-refractivity contribution in [3.05, 3.63) is 30.0 Å². The van der Waals surface area contributed by atoms with Crippen LogP contribution in [0.25, 0.3) is 0 Å². The molecule has 0 spiro atoms. The zero-order valence-electron chi connectivity index (χ0n) is 13.8. The normalized spacial score (nSPS) is 16.2. The van der Waals surface area contributed by atoms with E-state index in [1.807, 2.05) is 0 Å². The van der Waals surface area contributed by atoms with Gasteiger partial charge in [0.15, 0.2) is 17.1 Å². The fraction of sp³-hybridized carbons (Fsp3) is 0.375. The number of ether oxygens (including phenoxy) is 4. The van der Waals surface area contributed by atoms with Crippen LogP contribution in [0.5, 0.6) is 11.5 Å². The lowest BCUT2D eigenvalue weighted by Gasteiger charge is -2.29. The second-order valence-corrected chi connectivity index (χ2v) is 5.45. The van der Waals surface area contributed by atoms with E-state index in [1.54, 1.807) is 6.07 Å². The minimum Gasteiger partial charge on any atom is -0.493 e. The fourth-order valence-corrected chi connectivity index (χ4v) is 1.97. The second-order valence-electron chi connectivity index (χ2n) is 5.45. The zero-order chi connectivity index (χ0) is 18.6. The SMILES string of the molecule is COc1ccc(NC=C2C(=O)OC(C)(C)OC2=O)cc1OCC(F)F. The average molecular weight is 357 g/mol. The Hall–Kier alpha value is -2.84. The molecule has 1 aliphatic rings. The maximum atomic E-state index is 12.3. The van der Waals surface area contributed by atoms with E-state index in [9.17, 15) is 18.4 Å². The topological polar surface area (TPSA) is 83.1 Å². The first-order valence-corrected chi connectivity index (χ1v) is 7.24. The highest BCUT2D eigenvalue weighted by atomic mass is 19.3. The van der Waals surface area contributed by atoms with Crippen LogP contribution in [0.4, 0.5) is 14.5 Å². The molecule has 0 saturated carbocycles. The average Bonchev–Trinajstić information content (AvgIpc) is 2.51. The number of methoxy groups -OCH3 is 1. The number of alkyl halides is 2. The Morgan fingerprint density at radius 2 is 1.84 bits per heavy atom. The van der Waals surface area contributed by atoms with Gasteiger partial charge in [-0.05, 0) is 12.1 Å². The summed E-state index contributed by atoms with van der Waals surface area (Å²) in [7, 11) is 1.37. The first-order chi connectivity index (χ1) is 11.7. The van der Waals surface area contributed by atoms with Gasteiger partial charge in [-0.1, -0.05) is 0 Å². The minimum absolute atomic E-state index is 0.0844. The van der Waals surface area contributed by atoms with Gasteiger partial charge in [0, 0.05) is 31.8 Å². The van der Waals surface area contributed by atoms with Gasteiger partial charge in [-0.3, -0.25) is 0 Å². The molecule has 25 heavy (non-hydrogen) atoms. The molecule has 0 aliphatic carbocycles. The number of hydrogen-bond acceptors (Lipinski definition) is 7. The van der Waals surface area contributed by atoms with Crippen LogP contribution in [0.3, 0.4) is 0 Å². The highest BCUT2D eigenvalue weighted by molar-refractivity contribution is 6.15. The molecule has 1 saturated heterocycles. The summed E-state index contributed by atoms with van der Waals surface area (Å²) >= 11 is 0. The van der Waals surface area contributed by atoms with Crippen LogP contribution in [-0.4, -0.2) is 37.9 Å². The second kappa shape index (κ2) is 7.37. The first kappa shape index (κ1) is 18.5. The molecule has 0 radical (unpaired) electrons. The monoisotopic (exact) mass is 357 g/mol. The van der Waals surface area contributed by atoms with Crippen molar-refractivity contribution in [2.75, 3.05) is 19.0 Å². The number of carbonyl (C=O) groups is 2. The van der Waals surface area contributed by atoms with Gasteiger partial charge in [0.25, 0.3) is 12.2 Å². The van der Waals surface area contributed by atoms with Crippen LogP contribution >= 0.6 is 0 Å². The van der Waals surface area contributed by atoms with Gasteiger partial charge in [-0.2, -0.15) is 0 Å². The molecule has 0 unspecified atom stereocenters. The van der Waals surface area contributed by atoms with Crippen LogP contribution in [-0.2, 0) is 19.1 Å². The molecule has 1 heterocycles. The maximum absolute atomic E-state index is 12.3. The lowest BCUT2D eigenvalue weighted by molar-refractivity contribution is -0.222. The van der Waals surface area contributed by atoms with Crippen molar-refractivity contribution in [2.24, 2.45) is 0 Å². The summed E-state index contributed by atoms with van der Waals surface area (Å²) in [5, 5.41) is 2.70. The van der Waals surface area contributed by atoms with Gasteiger partial charge in [0.1, 0.15) is 6.61 Å². The summed E-state index contributed by atoms with van der Waals surface area (Å²) in [6.45, 7) is 2.07. The quantitative estimate of drug-likeness (QED) is 0.476. The van der Waals surface area contributed by atoms with Crippen LogP contribution in [0.15, 0.2) is 30.0 Å². The van der Waals surface area contributed by atoms with E-state index < -0.39 is 30.8 Å². The molecule has 7 nitrogen and oxygen atoms in total. The number of esters is 2. The molecule has 1 aromatic carbocycles. The molecular formula is C16H17F2NO6. The summed E-state index contributed by atoms with van der Waals surface area (Å²) < 4.78 is 44.5. The van der Waals surface area contributed by atoms with E-state index in [0.717, 1.165) is 6.20 Å². The molecule has 1 fully saturated rings. The standard InChI is InChI=1S/C16H17F2NO6/c1-16(2)24-14(20)10(15(21)25-16)7-19-9-4-5-11(22-3)12(6-9)23-8-13(17)18/h4-7,13,19H,8H2,1-3H3. The van der Waals surface area contributed by atoms with E-state index >= 15 is 0 Å². The van der Waals surface area contributed by atoms with Gasteiger partial charge >= 0.3 is 11.9 Å². The van der Waals surface area contributed by atoms with Crippen molar-refractivity contribution in [1.29, 1.82) is 0 Å². The zero-order valence-corrected chi connectivity index (χ0v) is 13.8. The van der Waals surface area contributed by atoms with Crippen molar-refractivity contribution in [2.45, 2.75) is 26.1 Å². The highest BCUT2D eigenvalue weighted by Gasteiger charge is 2.38. The van der Waals surface area contributed by atoms with Crippen molar-refractivity contribution in [3.8, 4) is 11.5 Å². The summed E-state index contributed by atoms with van der Waals surface area (Å²) in [5.41, 5.74) is 0.0493. The van der Waals surface area contributed by atoms with Gasteiger partial charge in [0.05, 0.1) is 7.11 Å². The smallest absolute Gasteiger partial charge is 0.350 e. The molecule has 1 N–H and O–H groups in total. The maximum Gasteiger partial charge on any atom is 0.350 e. The molecule has 0 atom stereocenters. The Morgan fingerprint density at radius 3 is 2.40 bits per heavy atom. The predicted molar refractivity (Wildman–Crippen MR) is 82.5 cm³/mol. The third-order valence-corrected chi connectivity index (χ3v) is 3.03. The van der Waals surface area contributed by atoms with E-state index in [4.69, 9.17) is 18.9 Å². The number of rotatable bonds is 6. The molecule has 9 heteroatoms. The molecule has 1 aromatic rings. The van der Waals surface area contributed by atoms with Gasteiger partial charge in [-0.15, -0.1) is 0 Å².